The molecule has 0 saturated carbocycles. The Morgan fingerprint density at radius 1 is 1.38 bits per heavy atom. The maximum absolute atomic E-state index is 3.56. The maximum Gasteiger partial charge on any atom is 0.0383 e. The van der Waals surface area contributed by atoms with Crippen LogP contribution in [0.15, 0.2) is 22.0 Å². The fourth-order valence-corrected chi connectivity index (χ4v) is 3.37. The zero-order valence-corrected chi connectivity index (χ0v) is 11.1. The highest BCUT2D eigenvalue weighted by molar-refractivity contribution is 9.10. The van der Waals surface area contributed by atoms with Gasteiger partial charge in [-0.3, -0.25) is 0 Å². The number of aryl methyl sites for hydroxylation is 1. The van der Waals surface area contributed by atoms with Crippen molar-refractivity contribution < 1.29 is 0 Å². The SMILES string of the molecule is Cc1cc(CBr)cc2c(Br)csc12. The number of rotatable bonds is 1. The van der Waals surface area contributed by atoms with Crippen LogP contribution >= 0.6 is 43.2 Å². The molecule has 0 aliphatic heterocycles. The first-order valence-corrected chi connectivity index (χ1v) is 6.74. The molecule has 1 heterocycles. The van der Waals surface area contributed by atoms with Gasteiger partial charge in [0.15, 0.2) is 0 Å². The Bertz CT molecular complexity index is 445. The van der Waals surface area contributed by atoms with Crippen LogP contribution in [0.1, 0.15) is 11.1 Å². The number of hydrogen-bond donors (Lipinski definition) is 0. The first-order chi connectivity index (χ1) is 6.22. The van der Waals surface area contributed by atoms with Crippen molar-refractivity contribution in [2.75, 3.05) is 0 Å². The highest BCUT2D eigenvalue weighted by atomic mass is 79.9. The van der Waals surface area contributed by atoms with Crippen LogP contribution in [-0.2, 0) is 5.33 Å². The molecule has 0 bridgehead atoms. The van der Waals surface area contributed by atoms with Crippen molar-refractivity contribution in [3.63, 3.8) is 0 Å². The van der Waals surface area contributed by atoms with Crippen molar-refractivity contribution in [3.8, 4) is 0 Å². The van der Waals surface area contributed by atoms with Gasteiger partial charge < -0.3 is 0 Å². The van der Waals surface area contributed by atoms with Gasteiger partial charge in [0.1, 0.15) is 0 Å². The minimum atomic E-state index is 0.923. The Balaban J connectivity index is 2.80. The van der Waals surface area contributed by atoms with Crippen molar-refractivity contribution >= 4 is 53.3 Å². The van der Waals surface area contributed by atoms with E-state index >= 15 is 0 Å². The minimum Gasteiger partial charge on any atom is -0.142 e. The summed E-state index contributed by atoms with van der Waals surface area (Å²) < 4.78 is 2.59. The summed E-state index contributed by atoms with van der Waals surface area (Å²) in [6.45, 7) is 2.16. The van der Waals surface area contributed by atoms with Gasteiger partial charge in [-0.1, -0.05) is 22.0 Å². The summed E-state index contributed by atoms with van der Waals surface area (Å²) in [5.41, 5.74) is 2.70. The standard InChI is InChI=1S/C10H8Br2S/c1-6-2-7(4-11)3-8-9(12)5-13-10(6)8/h2-3,5H,4H2,1H3. The van der Waals surface area contributed by atoms with E-state index < -0.39 is 0 Å². The molecule has 2 rings (SSSR count). The first kappa shape index (κ1) is 9.69. The molecule has 3 heteroatoms. The van der Waals surface area contributed by atoms with Crippen molar-refractivity contribution in [2.45, 2.75) is 12.3 Å². The van der Waals surface area contributed by atoms with E-state index in [1.807, 2.05) is 0 Å². The summed E-state index contributed by atoms with van der Waals surface area (Å²) in [4.78, 5) is 0. The average molecular weight is 320 g/mol. The van der Waals surface area contributed by atoms with E-state index in [9.17, 15) is 0 Å². The van der Waals surface area contributed by atoms with Crippen molar-refractivity contribution in [1.82, 2.24) is 0 Å². The highest BCUT2D eigenvalue weighted by Crippen LogP contribution is 2.33. The Hall–Kier alpha value is 0.140. The molecule has 0 atom stereocenters. The van der Waals surface area contributed by atoms with Crippen LogP contribution in [0.4, 0.5) is 0 Å². The molecule has 13 heavy (non-hydrogen) atoms. The molecule has 0 N–H and O–H groups in total. The molecule has 0 radical (unpaired) electrons. The lowest BCUT2D eigenvalue weighted by Crippen LogP contribution is -1.80. The fraction of sp³-hybridized carbons (Fsp3) is 0.200. The second-order valence-electron chi connectivity index (χ2n) is 3.01. The molecule has 1 aromatic heterocycles. The lowest BCUT2D eigenvalue weighted by Gasteiger charge is -2.00. The van der Waals surface area contributed by atoms with Crippen molar-refractivity contribution in [2.24, 2.45) is 0 Å². The normalized spacial score (nSPS) is 11.0. The molecule has 68 valence electrons. The van der Waals surface area contributed by atoms with Crippen LogP contribution in [0.25, 0.3) is 10.1 Å². The number of halogens is 2. The second kappa shape index (κ2) is 3.71. The largest absolute Gasteiger partial charge is 0.142 e. The molecule has 0 aliphatic rings. The summed E-state index contributed by atoms with van der Waals surface area (Å²) in [6.07, 6.45) is 0. The van der Waals surface area contributed by atoms with Crippen molar-refractivity contribution in [3.05, 3.63) is 33.1 Å². The Kier molecular flexibility index (Phi) is 2.77. The van der Waals surface area contributed by atoms with Crippen LogP contribution in [0.3, 0.4) is 0 Å². The Morgan fingerprint density at radius 3 is 2.85 bits per heavy atom. The first-order valence-electron chi connectivity index (χ1n) is 3.94. The highest BCUT2D eigenvalue weighted by Gasteiger charge is 2.05. The molecule has 0 spiro atoms. The topological polar surface area (TPSA) is 0 Å². The summed E-state index contributed by atoms with van der Waals surface area (Å²) >= 11 is 8.84. The van der Waals surface area contributed by atoms with Crippen LogP contribution in [-0.4, -0.2) is 0 Å². The van der Waals surface area contributed by atoms with Gasteiger partial charge >= 0.3 is 0 Å². The average Bonchev–Trinajstić information content (AvgIpc) is 2.48. The predicted molar refractivity (Wildman–Crippen MR) is 66.9 cm³/mol. The van der Waals surface area contributed by atoms with E-state index in [0.717, 1.165) is 5.33 Å². The molecule has 0 amide bonds. The third kappa shape index (κ3) is 1.69. The number of hydrogen-bond acceptors (Lipinski definition) is 1. The Labute approximate surface area is 98.2 Å². The van der Waals surface area contributed by atoms with Gasteiger partial charge in [0.2, 0.25) is 0 Å². The third-order valence-corrected chi connectivity index (χ3v) is 4.76. The van der Waals surface area contributed by atoms with Crippen LogP contribution in [0, 0.1) is 6.92 Å². The van der Waals surface area contributed by atoms with Gasteiger partial charge in [-0.05, 0) is 40.0 Å². The minimum absolute atomic E-state index is 0.923. The van der Waals surface area contributed by atoms with Gasteiger partial charge in [-0.25, -0.2) is 0 Å². The van der Waals surface area contributed by atoms with E-state index in [1.54, 1.807) is 11.3 Å². The van der Waals surface area contributed by atoms with Crippen LogP contribution < -0.4 is 0 Å². The maximum atomic E-state index is 3.56. The summed E-state index contributed by atoms with van der Waals surface area (Å²) in [6, 6.07) is 4.47. The molecular weight excluding hydrogens is 312 g/mol. The van der Waals surface area contributed by atoms with E-state index in [1.165, 1.54) is 25.7 Å². The van der Waals surface area contributed by atoms with Gasteiger partial charge in [0, 0.05) is 25.3 Å². The zero-order chi connectivity index (χ0) is 9.42. The lowest BCUT2D eigenvalue weighted by molar-refractivity contribution is 1.41. The smallest absolute Gasteiger partial charge is 0.0383 e. The number of benzene rings is 1. The summed E-state index contributed by atoms with van der Waals surface area (Å²) in [5.74, 6) is 0. The van der Waals surface area contributed by atoms with Crippen LogP contribution in [0.5, 0.6) is 0 Å². The van der Waals surface area contributed by atoms with E-state index in [-0.39, 0.29) is 0 Å². The van der Waals surface area contributed by atoms with E-state index in [0.29, 0.717) is 0 Å². The van der Waals surface area contributed by atoms with Gasteiger partial charge in [-0.2, -0.15) is 0 Å². The van der Waals surface area contributed by atoms with Gasteiger partial charge in [0.05, 0.1) is 0 Å². The molecule has 0 saturated heterocycles. The second-order valence-corrected chi connectivity index (χ2v) is 5.30. The molecule has 1 aromatic carbocycles. The van der Waals surface area contributed by atoms with E-state index in [2.05, 4.69) is 56.3 Å². The number of thiophene rings is 1. The fourth-order valence-electron chi connectivity index (χ4n) is 1.43. The molecule has 0 fully saturated rings. The summed E-state index contributed by atoms with van der Waals surface area (Å²) in [5, 5.41) is 4.40. The number of fused-ring (bicyclic) bond motifs is 1. The van der Waals surface area contributed by atoms with Gasteiger partial charge in [0.25, 0.3) is 0 Å². The summed E-state index contributed by atoms with van der Waals surface area (Å²) in [7, 11) is 0. The van der Waals surface area contributed by atoms with Crippen LogP contribution in [0.2, 0.25) is 0 Å². The molecule has 0 nitrogen and oxygen atoms in total. The predicted octanol–water partition coefficient (Wildman–Crippen LogP) is 4.87. The number of alkyl halides is 1. The molecule has 0 unspecified atom stereocenters. The molecule has 0 aliphatic carbocycles. The Morgan fingerprint density at radius 2 is 2.15 bits per heavy atom. The van der Waals surface area contributed by atoms with E-state index in [4.69, 9.17) is 0 Å². The van der Waals surface area contributed by atoms with Crippen molar-refractivity contribution in [1.29, 1.82) is 0 Å². The quantitative estimate of drug-likeness (QED) is 0.658. The molecular formula is C10H8Br2S. The molecule has 2 aromatic rings. The lowest BCUT2D eigenvalue weighted by atomic mass is 10.1. The third-order valence-electron chi connectivity index (χ3n) is 2.03. The monoisotopic (exact) mass is 318 g/mol. The zero-order valence-electron chi connectivity index (χ0n) is 7.10. The van der Waals surface area contributed by atoms with Gasteiger partial charge in [-0.15, -0.1) is 11.3 Å².